The molecule has 0 aliphatic heterocycles. The molecule has 2 N–H and O–H groups in total. The summed E-state index contributed by atoms with van der Waals surface area (Å²) in [7, 11) is 0. The molecule has 5 heteroatoms. The standard InChI is InChI=1S/C5H9N5/c1-3(2)4-5(6)8-10-9-7-4/h3H,1-2H3,(H2,6,8,9). The number of nitrogens with zero attached hydrogens (tertiary/aromatic N) is 4. The first-order valence-corrected chi connectivity index (χ1v) is 3.03. The van der Waals surface area contributed by atoms with E-state index in [1.165, 1.54) is 0 Å². The second-order valence-electron chi connectivity index (χ2n) is 2.30. The van der Waals surface area contributed by atoms with Gasteiger partial charge in [-0.3, -0.25) is 0 Å². The van der Waals surface area contributed by atoms with Crippen LogP contribution in [-0.4, -0.2) is 20.6 Å². The number of rotatable bonds is 1. The van der Waals surface area contributed by atoms with Gasteiger partial charge in [-0.1, -0.05) is 13.8 Å². The van der Waals surface area contributed by atoms with Crippen LogP contribution in [0, 0.1) is 0 Å². The van der Waals surface area contributed by atoms with E-state index in [9.17, 15) is 0 Å². The first-order chi connectivity index (χ1) is 4.72. The Kier molecular flexibility index (Phi) is 1.75. The van der Waals surface area contributed by atoms with Crippen molar-refractivity contribution in [1.29, 1.82) is 0 Å². The Balaban J connectivity index is 3.03. The van der Waals surface area contributed by atoms with Crippen molar-refractivity contribution < 1.29 is 0 Å². The lowest BCUT2D eigenvalue weighted by molar-refractivity contribution is 0.694. The monoisotopic (exact) mass is 139 g/mol. The molecule has 0 bridgehead atoms. The van der Waals surface area contributed by atoms with Crippen LogP contribution in [0.5, 0.6) is 0 Å². The Morgan fingerprint density at radius 3 is 2.20 bits per heavy atom. The van der Waals surface area contributed by atoms with E-state index in [-0.39, 0.29) is 5.92 Å². The van der Waals surface area contributed by atoms with Gasteiger partial charge in [-0.05, 0) is 10.4 Å². The Hall–Kier alpha value is -1.26. The highest BCUT2D eigenvalue weighted by molar-refractivity contribution is 5.32. The predicted octanol–water partition coefficient (Wildman–Crippen LogP) is -0.0278. The van der Waals surface area contributed by atoms with E-state index in [2.05, 4.69) is 20.6 Å². The van der Waals surface area contributed by atoms with Crippen LogP contribution in [0.3, 0.4) is 0 Å². The van der Waals surface area contributed by atoms with E-state index in [1.54, 1.807) is 0 Å². The van der Waals surface area contributed by atoms with Crippen LogP contribution in [0.4, 0.5) is 5.82 Å². The number of aromatic nitrogens is 4. The molecule has 0 saturated carbocycles. The van der Waals surface area contributed by atoms with Crippen molar-refractivity contribution >= 4 is 5.82 Å². The summed E-state index contributed by atoms with van der Waals surface area (Å²) < 4.78 is 0. The maximum Gasteiger partial charge on any atom is 0.171 e. The van der Waals surface area contributed by atoms with Crippen molar-refractivity contribution in [2.45, 2.75) is 19.8 Å². The second kappa shape index (κ2) is 2.55. The number of nitrogen functional groups attached to an aromatic ring is 1. The van der Waals surface area contributed by atoms with Crippen molar-refractivity contribution in [2.24, 2.45) is 0 Å². The van der Waals surface area contributed by atoms with Gasteiger partial charge in [-0.25, -0.2) is 0 Å². The fourth-order valence-corrected chi connectivity index (χ4v) is 0.650. The van der Waals surface area contributed by atoms with E-state index in [1.807, 2.05) is 13.8 Å². The topological polar surface area (TPSA) is 77.6 Å². The number of hydrogen-bond donors (Lipinski definition) is 1. The fraction of sp³-hybridized carbons (Fsp3) is 0.600. The fourth-order valence-electron chi connectivity index (χ4n) is 0.650. The summed E-state index contributed by atoms with van der Waals surface area (Å²) in [5, 5.41) is 14.0. The first kappa shape index (κ1) is 6.85. The first-order valence-electron chi connectivity index (χ1n) is 3.03. The number of anilines is 1. The normalized spacial score (nSPS) is 10.3. The summed E-state index contributed by atoms with van der Waals surface area (Å²) in [6.07, 6.45) is 0. The molecule has 0 fully saturated rings. The van der Waals surface area contributed by atoms with E-state index in [0.29, 0.717) is 11.5 Å². The maximum absolute atomic E-state index is 5.45. The average Bonchev–Trinajstić information content (AvgIpc) is 1.88. The van der Waals surface area contributed by atoms with Gasteiger partial charge >= 0.3 is 0 Å². The highest BCUT2D eigenvalue weighted by Crippen LogP contribution is 2.13. The molecule has 0 aliphatic carbocycles. The third-order valence-corrected chi connectivity index (χ3v) is 1.15. The van der Waals surface area contributed by atoms with Crippen LogP contribution in [0.15, 0.2) is 0 Å². The van der Waals surface area contributed by atoms with E-state index in [4.69, 9.17) is 5.73 Å². The minimum Gasteiger partial charge on any atom is -0.381 e. The van der Waals surface area contributed by atoms with Crippen LogP contribution in [0.1, 0.15) is 25.5 Å². The molecular formula is C5H9N5. The van der Waals surface area contributed by atoms with Crippen molar-refractivity contribution in [3.8, 4) is 0 Å². The summed E-state index contributed by atoms with van der Waals surface area (Å²) in [6, 6.07) is 0. The lowest BCUT2D eigenvalue weighted by Gasteiger charge is -2.01. The summed E-state index contributed by atoms with van der Waals surface area (Å²) in [6.45, 7) is 3.95. The summed E-state index contributed by atoms with van der Waals surface area (Å²) >= 11 is 0. The highest BCUT2D eigenvalue weighted by atomic mass is 15.4. The largest absolute Gasteiger partial charge is 0.381 e. The second-order valence-corrected chi connectivity index (χ2v) is 2.30. The average molecular weight is 139 g/mol. The van der Waals surface area contributed by atoms with Gasteiger partial charge in [0.2, 0.25) is 0 Å². The predicted molar refractivity (Wildman–Crippen MR) is 36.1 cm³/mol. The summed E-state index contributed by atoms with van der Waals surface area (Å²) in [4.78, 5) is 0. The molecule has 0 spiro atoms. The lowest BCUT2D eigenvalue weighted by Crippen LogP contribution is -2.06. The molecule has 1 aromatic rings. The van der Waals surface area contributed by atoms with Gasteiger partial charge in [0.1, 0.15) is 5.69 Å². The van der Waals surface area contributed by atoms with Gasteiger partial charge < -0.3 is 5.73 Å². The molecule has 0 aromatic carbocycles. The van der Waals surface area contributed by atoms with Gasteiger partial charge in [0.05, 0.1) is 0 Å². The molecule has 5 nitrogen and oxygen atoms in total. The van der Waals surface area contributed by atoms with Crippen LogP contribution < -0.4 is 5.73 Å². The molecule has 54 valence electrons. The van der Waals surface area contributed by atoms with Crippen LogP contribution in [0.2, 0.25) is 0 Å². The van der Waals surface area contributed by atoms with Crippen molar-refractivity contribution in [2.75, 3.05) is 5.73 Å². The van der Waals surface area contributed by atoms with E-state index >= 15 is 0 Å². The van der Waals surface area contributed by atoms with Crippen LogP contribution in [0.25, 0.3) is 0 Å². The Labute approximate surface area is 58.7 Å². The lowest BCUT2D eigenvalue weighted by atomic mass is 10.1. The van der Waals surface area contributed by atoms with Crippen molar-refractivity contribution in [3.05, 3.63) is 5.69 Å². The molecule has 1 heterocycles. The molecule has 0 aliphatic rings. The highest BCUT2D eigenvalue weighted by Gasteiger charge is 2.06. The molecule has 1 aromatic heterocycles. The summed E-state index contributed by atoms with van der Waals surface area (Å²) in [5.74, 6) is 0.619. The maximum atomic E-state index is 5.45. The molecular weight excluding hydrogens is 130 g/mol. The molecule has 0 unspecified atom stereocenters. The van der Waals surface area contributed by atoms with Gasteiger partial charge in [-0.15, -0.1) is 10.2 Å². The number of hydrogen-bond acceptors (Lipinski definition) is 5. The SMILES string of the molecule is CC(C)c1nnnnc1N. The van der Waals surface area contributed by atoms with Crippen molar-refractivity contribution in [1.82, 2.24) is 20.6 Å². The molecule has 10 heavy (non-hydrogen) atoms. The minimum absolute atomic E-state index is 0.253. The molecule has 0 amide bonds. The van der Waals surface area contributed by atoms with Gasteiger partial charge in [-0.2, -0.15) is 0 Å². The van der Waals surface area contributed by atoms with E-state index in [0.717, 1.165) is 0 Å². The van der Waals surface area contributed by atoms with Crippen LogP contribution in [-0.2, 0) is 0 Å². The van der Waals surface area contributed by atoms with Gasteiger partial charge in [0.15, 0.2) is 5.82 Å². The zero-order valence-corrected chi connectivity index (χ0v) is 5.94. The van der Waals surface area contributed by atoms with Gasteiger partial charge in [0, 0.05) is 5.92 Å². The Morgan fingerprint density at radius 1 is 1.20 bits per heavy atom. The third kappa shape index (κ3) is 1.18. The van der Waals surface area contributed by atoms with Crippen molar-refractivity contribution in [3.63, 3.8) is 0 Å². The number of nitrogens with two attached hydrogens (primary N) is 1. The Morgan fingerprint density at radius 2 is 1.80 bits per heavy atom. The molecule has 0 saturated heterocycles. The zero-order valence-electron chi connectivity index (χ0n) is 5.94. The zero-order chi connectivity index (χ0) is 7.56. The third-order valence-electron chi connectivity index (χ3n) is 1.15. The quantitative estimate of drug-likeness (QED) is 0.591. The van der Waals surface area contributed by atoms with E-state index < -0.39 is 0 Å². The Bertz CT molecular complexity index is 221. The molecule has 1 rings (SSSR count). The van der Waals surface area contributed by atoms with Gasteiger partial charge in [0.25, 0.3) is 0 Å². The smallest absolute Gasteiger partial charge is 0.171 e. The van der Waals surface area contributed by atoms with Crippen LogP contribution >= 0.6 is 0 Å². The minimum atomic E-state index is 0.253. The summed E-state index contributed by atoms with van der Waals surface area (Å²) in [5.41, 5.74) is 6.15. The molecule has 0 radical (unpaired) electrons. The molecule has 0 atom stereocenters.